The van der Waals surface area contributed by atoms with Crippen LogP contribution in [0.15, 0.2) is 59.8 Å². The van der Waals surface area contributed by atoms with Crippen molar-refractivity contribution in [1.82, 2.24) is 19.9 Å². The van der Waals surface area contributed by atoms with E-state index >= 15 is 0 Å². The number of thioether (sulfide) groups is 1. The topological polar surface area (TPSA) is 59.3 Å². The maximum Gasteiger partial charge on any atom is 0.230 e. The lowest BCUT2D eigenvalue weighted by Gasteiger charge is -2.14. The second-order valence-electron chi connectivity index (χ2n) is 6.65. The SMILES string of the molecule is Cc1cc2nnc(SCC(=O)NC(C)c3cccc(Cl)c3)n2c2ccccc12. The van der Waals surface area contributed by atoms with Gasteiger partial charge in [-0.1, -0.05) is 53.7 Å². The molecule has 1 unspecified atom stereocenters. The normalized spacial score (nSPS) is 12.4. The zero-order chi connectivity index (χ0) is 19.7. The van der Waals surface area contributed by atoms with E-state index in [1.165, 1.54) is 11.8 Å². The Hall–Kier alpha value is -2.57. The van der Waals surface area contributed by atoms with Crippen molar-refractivity contribution >= 4 is 45.8 Å². The summed E-state index contributed by atoms with van der Waals surface area (Å²) in [6, 6.07) is 17.5. The molecule has 5 nitrogen and oxygen atoms in total. The number of nitrogens with zero attached hydrogens (tertiary/aromatic N) is 3. The van der Waals surface area contributed by atoms with Crippen molar-refractivity contribution in [3.8, 4) is 0 Å². The molecule has 0 saturated heterocycles. The maximum absolute atomic E-state index is 12.4. The van der Waals surface area contributed by atoms with Crippen LogP contribution in [0, 0.1) is 6.92 Å². The quantitative estimate of drug-likeness (QED) is 0.479. The predicted octanol–water partition coefficient (Wildman–Crippen LogP) is 4.81. The number of halogens is 1. The Labute approximate surface area is 172 Å². The Bertz CT molecular complexity index is 1170. The minimum Gasteiger partial charge on any atom is -0.349 e. The molecule has 4 rings (SSSR count). The van der Waals surface area contributed by atoms with E-state index in [1.54, 1.807) is 0 Å². The summed E-state index contributed by atoms with van der Waals surface area (Å²) in [4.78, 5) is 12.4. The van der Waals surface area contributed by atoms with Crippen molar-refractivity contribution < 1.29 is 4.79 Å². The van der Waals surface area contributed by atoms with Gasteiger partial charge in [0.05, 0.1) is 17.3 Å². The highest BCUT2D eigenvalue weighted by Crippen LogP contribution is 2.26. The molecular formula is C21H19ClN4OS. The van der Waals surface area contributed by atoms with Crippen LogP contribution in [-0.4, -0.2) is 26.3 Å². The third-order valence-electron chi connectivity index (χ3n) is 4.63. The van der Waals surface area contributed by atoms with Crippen LogP contribution in [0.2, 0.25) is 5.02 Å². The molecule has 0 bridgehead atoms. The molecule has 28 heavy (non-hydrogen) atoms. The summed E-state index contributed by atoms with van der Waals surface area (Å²) in [5, 5.41) is 14.1. The van der Waals surface area contributed by atoms with Crippen LogP contribution in [0.3, 0.4) is 0 Å². The first kappa shape index (κ1) is 18.8. The molecule has 2 aromatic carbocycles. The molecule has 0 aliphatic rings. The van der Waals surface area contributed by atoms with E-state index in [0.717, 1.165) is 27.7 Å². The van der Waals surface area contributed by atoms with Crippen molar-refractivity contribution in [3.63, 3.8) is 0 Å². The van der Waals surface area contributed by atoms with Gasteiger partial charge in [-0.3, -0.25) is 9.20 Å². The molecule has 0 radical (unpaired) electrons. The number of aromatic nitrogens is 3. The molecule has 4 aromatic rings. The maximum atomic E-state index is 12.4. The largest absolute Gasteiger partial charge is 0.349 e. The molecule has 0 fully saturated rings. The highest BCUT2D eigenvalue weighted by Gasteiger charge is 2.15. The Morgan fingerprint density at radius 3 is 2.82 bits per heavy atom. The van der Waals surface area contributed by atoms with Gasteiger partial charge in [0.15, 0.2) is 10.8 Å². The summed E-state index contributed by atoms with van der Waals surface area (Å²) in [7, 11) is 0. The number of hydrogen-bond donors (Lipinski definition) is 1. The molecular weight excluding hydrogens is 392 g/mol. The summed E-state index contributed by atoms with van der Waals surface area (Å²) < 4.78 is 2.00. The Morgan fingerprint density at radius 1 is 1.18 bits per heavy atom. The van der Waals surface area contributed by atoms with Gasteiger partial charge >= 0.3 is 0 Å². The summed E-state index contributed by atoms with van der Waals surface area (Å²) in [6.07, 6.45) is 0. The van der Waals surface area contributed by atoms with Crippen LogP contribution in [0.4, 0.5) is 0 Å². The first-order valence-corrected chi connectivity index (χ1v) is 10.3. The number of carbonyl (C=O) groups excluding carboxylic acids is 1. The van der Waals surface area contributed by atoms with Crippen LogP contribution < -0.4 is 5.32 Å². The molecule has 1 atom stereocenters. The van der Waals surface area contributed by atoms with Gasteiger partial charge in [0.1, 0.15) is 0 Å². The lowest BCUT2D eigenvalue weighted by atomic mass is 10.1. The Morgan fingerprint density at radius 2 is 2.00 bits per heavy atom. The number of carbonyl (C=O) groups is 1. The van der Waals surface area contributed by atoms with E-state index in [4.69, 9.17) is 11.6 Å². The van der Waals surface area contributed by atoms with Gasteiger partial charge in [-0.05, 0) is 49.2 Å². The fourth-order valence-electron chi connectivity index (χ4n) is 3.24. The lowest BCUT2D eigenvalue weighted by molar-refractivity contribution is -0.119. The minimum atomic E-state index is -0.120. The summed E-state index contributed by atoms with van der Waals surface area (Å²) in [6.45, 7) is 4.01. The monoisotopic (exact) mass is 410 g/mol. The number of pyridine rings is 1. The van der Waals surface area contributed by atoms with Crippen LogP contribution in [0.1, 0.15) is 24.1 Å². The fraction of sp³-hybridized carbons (Fsp3) is 0.190. The Kier molecular flexibility index (Phi) is 5.24. The van der Waals surface area contributed by atoms with Crippen molar-refractivity contribution in [3.05, 3.63) is 70.7 Å². The number of amides is 1. The van der Waals surface area contributed by atoms with Crippen LogP contribution >= 0.6 is 23.4 Å². The van der Waals surface area contributed by atoms with Crippen molar-refractivity contribution in [1.29, 1.82) is 0 Å². The Balaban J connectivity index is 1.51. The summed E-state index contributed by atoms with van der Waals surface area (Å²) in [5.74, 6) is 0.194. The highest BCUT2D eigenvalue weighted by molar-refractivity contribution is 7.99. The van der Waals surface area contributed by atoms with Gasteiger partial charge < -0.3 is 5.32 Å². The summed E-state index contributed by atoms with van der Waals surface area (Å²) >= 11 is 7.41. The molecule has 0 aliphatic carbocycles. The van der Waals surface area contributed by atoms with Gasteiger partial charge in [0.25, 0.3) is 0 Å². The lowest BCUT2D eigenvalue weighted by Crippen LogP contribution is -2.28. The number of hydrogen-bond acceptors (Lipinski definition) is 4. The standard InChI is InChI=1S/C21H19ClN4OS/c1-13-10-19-24-25-21(26(19)18-9-4-3-8-17(13)18)28-12-20(27)23-14(2)15-6-5-7-16(22)11-15/h3-11,14H,12H2,1-2H3,(H,23,27). The first-order valence-electron chi connectivity index (χ1n) is 8.94. The van der Waals surface area contributed by atoms with E-state index in [2.05, 4.69) is 28.5 Å². The van der Waals surface area contributed by atoms with E-state index < -0.39 is 0 Å². The van der Waals surface area contributed by atoms with E-state index in [1.807, 2.05) is 59.9 Å². The third-order valence-corrected chi connectivity index (χ3v) is 5.80. The average molecular weight is 411 g/mol. The van der Waals surface area contributed by atoms with Crippen LogP contribution in [0.5, 0.6) is 0 Å². The molecule has 0 saturated carbocycles. The van der Waals surface area contributed by atoms with Crippen LogP contribution in [-0.2, 0) is 4.79 Å². The zero-order valence-corrected chi connectivity index (χ0v) is 17.1. The molecule has 142 valence electrons. The second-order valence-corrected chi connectivity index (χ2v) is 8.03. The molecule has 0 aliphatic heterocycles. The van der Waals surface area contributed by atoms with Crippen LogP contribution in [0.25, 0.3) is 16.6 Å². The summed E-state index contributed by atoms with van der Waals surface area (Å²) in [5.41, 5.74) is 3.95. The molecule has 1 amide bonds. The number of aryl methyl sites for hydroxylation is 1. The van der Waals surface area contributed by atoms with E-state index in [-0.39, 0.29) is 17.7 Å². The number of rotatable bonds is 5. The fourth-order valence-corrected chi connectivity index (χ4v) is 4.20. The molecule has 0 spiro atoms. The second kappa shape index (κ2) is 7.81. The van der Waals surface area contributed by atoms with Gasteiger partial charge in [0, 0.05) is 10.4 Å². The zero-order valence-electron chi connectivity index (χ0n) is 15.5. The molecule has 1 N–H and O–H groups in total. The highest BCUT2D eigenvalue weighted by atomic mass is 35.5. The van der Waals surface area contributed by atoms with Gasteiger partial charge in [-0.25, -0.2) is 0 Å². The number of benzene rings is 2. The van der Waals surface area contributed by atoms with E-state index in [9.17, 15) is 4.79 Å². The van der Waals surface area contributed by atoms with Crippen molar-refractivity contribution in [2.75, 3.05) is 5.75 Å². The smallest absolute Gasteiger partial charge is 0.230 e. The predicted molar refractivity (Wildman–Crippen MR) is 114 cm³/mol. The average Bonchev–Trinajstić information content (AvgIpc) is 3.09. The number of fused-ring (bicyclic) bond motifs is 3. The number of para-hydroxylation sites is 1. The molecule has 2 aromatic heterocycles. The molecule has 7 heteroatoms. The van der Waals surface area contributed by atoms with Gasteiger partial charge in [0.2, 0.25) is 5.91 Å². The van der Waals surface area contributed by atoms with Crippen molar-refractivity contribution in [2.24, 2.45) is 0 Å². The number of nitrogens with one attached hydrogen (secondary N) is 1. The van der Waals surface area contributed by atoms with Gasteiger partial charge in [-0.15, -0.1) is 10.2 Å². The van der Waals surface area contributed by atoms with E-state index in [0.29, 0.717) is 10.2 Å². The van der Waals surface area contributed by atoms with Crippen molar-refractivity contribution in [2.45, 2.75) is 25.0 Å². The van der Waals surface area contributed by atoms with Gasteiger partial charge in [-0.2, -0.15) is 0 Å². The molecule has 2 heterocycles. The third kappa shape index (κ3) is 3.70. The first-order chi connectivity index (χ1) is 13.5. The minimum absolute atomic E-state index is 0.0642.